The van der Waals surface area contributed by atoms with Crippen LogP contribution < -0.4 is 20.7 Å². The Labute approximate surface area is 122 Å². The van der Waals surface area contributed by atoms with Gasteiger partial charge in [0.2, 0.25) is 0 Å². The largest absolute Gasteiger partial charge is 0.490 e. The van der Waals surface area contributed by atoms with Crippen LogP contribution in [0.3, 0.4) is 0 Å². The topological polar surface area (TPSA) is 86.7 Å². The normalized spacial score (nSPS) is 10.2. The van der Waals surface area contributed by atoms with E-state index in [0.717, 1.165) is 5.56 Å². The lowest BCUT2D eigenvalue weighted by molar-refractivity contribution is 0.0924. The van der Waals surface area contributed by atoms with Crippen LogP contribution in [-0.4, -0.2) is 12.5 Å². The van der Waals surface area contributed by atoms with Crippen LogP contribution in [0.4, 0.5) is 0 Å². The highest BCUT2D eigenvalue weighted by Gasteiger charge is 2.14. The quantitative estimate of drug-likeness (QED) is 0.483. The van der Waals surface area contributed by atoms with Crippen molar-refractivity contribution in [1.82, 2.24) is 5.43 Å². The summed E-state index contributed by atoms with van der Waals surface area (Å²) < 4.78 is 16.6. The Morgan fingerprint density at radius 1 is 1.29 bits per heavy atom. The van der Waals surface area contributed by atoms with Crippen molar-refractivity contribution in [3.63, 3.8) is 0 Å². The van der Waals surface area contributed by atoms with Crippen molar-refractivity contribution < 1.29 is 18.7 Å². The summed E-state index contributed by atoms with van der Waals surface area (Å²) in [6.07, 6.45) is 0. The predicted octanol–water partition coefficient (Wildman–Crippen LogP) is 2.17. The molecule has 6 nitrogen and oxygen atoms in total. The van der Waals surface area contributed by atoms with E-state index < -0.39 is 5.91 Å². The number of furan rings is 1. The van der Waals surface area contributed by atoms with E-state index in [4.69, 9.17) is 19.7 Å². The fourth-order valence-electron chi connectivity index (χ4n) is 1.85. The lowest BCUT2D eigenvalue weighted by Crippen LogP contribution is -2.29. The van der Waals surface area contributed by atoms with E-state index in [1.807, 2.05) is 36.6 Å². The lowest BCUT2D eigenvalue weighted by Gasteiger charge is -2.10. The van der Waals surface area contributed by atoms with Gasteiger partial charge < -0.3 is 13.9 Å². The summed E-state index contributed by atoms with van der Waals surface area (Å²) in [4.78, 5) is 11.4. The van der Waals surface area contributed by atoms with Crippen LogP contribution in [0.25, 0.3) is 0 Å². The van der Waals surface area contributed by atoms with Gasteiger partial charge in [0.1, 0.15) is 12.4 Å². The summed E-state index contributed by atoms with van der Waals surface area (Å²) in [6.45, 7) is 4.51. The molecule has 0 aliphatic carbocycles. The van der Waals surface area contributed by atoms with Gasteiger partial charge in [-0.1, -0.05) is 12.1 Å². The van der Waals surface area contributed by atoms with Crippen molar-refractivity contribution in [2.75, 3.05) is 6.61 Å². The molecule has 0 aliphatic rings. The molecule has 21 heavy (non-hydrogen) atoms. The van der Waals surface area contributed by atoms with Crippen LogP contribution in [-0.2, 0) is 6.61 Å². The van der Waals surface area contributed by atoms with Gasteiger partial charge in [0.25, 0.3) is 0 Å². The maximum Gasteiger partial charge on any atom is 0.300 e. The van der Waals surface area contributed by atoms with Gasteiger partial charge in [-0.25, -0.2) is 5.84 Å². The summed E-state index contributed by atoms with van der Waals surface area (Å²) in [7, 11) is 0. The van der Waals surface area contributed by atoms with Crippen LogP contribution in [0.2, 0.25) is 0 Å². The summed E-state index contributed by atoms with van der Waals surface area (Å²) >= 11 is 0. The standard InChI is InChI=1S/C15H18N2O4/c1-3-19-12-6-4-5-7-13(12)20-9-11-8-14(15(18)17-16)21-10(11)2/h4-8H,3,9,16H2,1-2H3,(H,17,18). The predicted molar refractivity (Wildman–Crippen MR) is 77.0 cm³/mol. The number of hydrogen-bond donors (Lipinski definition) is 2. The molecule has 0 saturated carbocycles. The van der Waals surface area contributed by atoms with Crippen molar-refractivity contribution >= 4 is 5.91 Å². The third-order valence-electron chi connectivity index (χ3n) is 2.91. The van der Waals surface area contributed by atoms with Crippen LogP contribution in [0, 0.1) is 6.92 Å². The molecule has 1 aromatic heterocycles. The number of carbonyl (C=O) groups excluding carboxylic acids is 1. The minimum absolute atomic E-state index is 0.159. The third-order valence-corrected chi connectivity index (χ3v) is 2.91. The van der Waals surface area contributed by atoms with Crippen molar-refractivity contribution in [3.05, 3.63) is 47.4 Å². The maximum absolute atomic E-state index is 11.4. The van der Waals surface area contributed by atoms with Crippen LogP contribution in [0.5, 0.6) is 11.5 Å². The molecule has 1 heterocycles. The van der Waals surface area contributed by atoms with E-state index >= 15 is 0 Å². The lowest BCUT2D eigenvalue weighted by atomic mass is 10.2. The Kier molecular flexibility index (Phi) is 4.84. The average molecular weight is 290 g/mol. The summed E-state index contributed by atoms with van der Waals surface area (Å²) in [5.41, 5.74) is 2.81. The fourth-order valence-corrected chi connectivity index (χ4v) is 1.85. The van der Waals surface area contributed by atoms with E-state index in [-0.39, 0.29) is 12.4 Å². The number of benzene rings is 1. The molecule has 0 radical (unpaired) electrons. The van der Waals surface area contributed by atoms with Crippen LogP contribution >= 0.6 is 0 Å². The van der Waals surface area contributed by atoms with Gasteiger partial charge in [-0.3, -0.25) is 10.2 Å². The molecule has 1 aromatic carbocycles. The maximum atomic E-state index is 11.4. The molecule has 0 saturated heterocycles. The zero-order valence-corrected chi connectivity index (χ0v) is 12.0. The van der Waals surface area contributed by atoms with Gasteiger partial charge in [-0.05, 0) is 32.0 Å². The van der Waals surface area contributed by atoms with Crippen molar-refractivity contribution in [1.29, 1.82) is 0 Å². The number of para-hydroxylation sites is 2. The van der Waals surface area contributed by atoms with Crippen LogP contribution in [0.15, 0.2) is 34.7 Å². The molecule has 0 atom stereocenters. The molecule has 0 aliphatic heterocycles. The van der Waals surface area contributed by atoms with E-state index in [0.29, 0.717) is 23.9 Å². The number of amides is 1. The van der Waals surface area contributed by atoms with Gasteiger partial charge in [0, 0.05) is 5.56 Å². The minimum atomic E-state index is -0.473. The van der Waals surface area contributed by atoms with Gasteiger partial charge in [-0.2, -0.15) is 0 Å². The second-order valence-corrected chi connectivity index (χ2v) is 4.33. The molecular weight excluding hydrogens is 272 g/mol. The number of hydrazine groups is 1. The fraction of sp³-hybridized carbons (Fsp3) is 0.267. The Bertz CT molecular complexity index is 622. The first-order valence-corrected chi connectivity index (χ1v) is 6.60. The number of hydrogen-bond acceptors (Lipinski definition) is 5. The van der Waals surface area contributed by atoms with Gasteiger partial charge >= 0.3 is 5.91 Å². The number of rotatable bonds is 6. The van der Waals surface area contributed by atoms with E-state index in [2.05, 4.69) is 0 Å². The Hall–Kier alpha value is -2.47. The van der Waals surface area contributed by atoms with Crippen molar-refractivity contribution in [2.24, 2.45) is 5.84 Å². The number of nitrogen functional groups attached to an aromatic ring is 1. The minimum Gasteiger partial charge on any atom is -0.490 e. The monoisotopic (exact) mass is 290 g/mol. The SMILES string of the molecule is CCOc1ccccc1OCc1cc(C(=O)NN)oc1C. The molecule has 0 bridgehead atoms. The van der Waals surface area contributed by atoms with E-state index in [1.165, 1.54) is 0 Å². The molecule has 2 aromatic rings. The zero-order valence-electron chi connectivity index (χ0n) is 12.0. The molecular formula is C15H18N2O4. The summed E-state index contributed by atoms with van der Waals surface area (Å²) in [6, 6.07) is 9.03. The molecule has 2 rings (SSSR count). The second-order valence-electron chi connectivity index (χ2n) is 4.33. The first-order chi connectivity index (χ1) is 10.2. The summed E-state index contributed by atoms with van der Waals surface area (Å²) in [5.74, 6) is 6.70. The Morgan fingerprint density at radius 3 is 2.57 bits per heavy atom. The Balaban J connectivity index is 2.10. The molecule has 112 valence electrons. The number of aryl methyl sites for hydroxylation is 1. The van der Waals surface area contributed by atoms with Crippen molar-refractivity contribution in [3.8, 4) is 11.5 Å². The van der Waals surface area contributed by atoms with Crippen LogP contribution in [0.1, 0.15) is 28.8 Å². The molecule has 6 heteroatoms. The molecule has 0 fully saturated rings. The number of nitrogens with one attached hydrogen (secondary N) is 1. The highest BCUT2D eigenvalue weighted by atomic mass is 16.5. The highest BCUT2D eigenvalue weighted by molar-refractivity contribution is 5.91. The van der Waals surface area contributed by atoms with Gasteiger partial charge in [0.05, 0.1) is 6.61 Å². The zero-order chi connectivity index (χ0) is 15.2. The van der Waals surface area contributed by atoms with Gasteiger partial charge in [-0.15, -0.1) is 0 Å². The Morgan fingerprint density at radius 2 is 1.95 bits per heavy atom. The highest BCUT2D eigenvalue weighted by Crippen LogP contribution is 2.28. The molecule has 3 N–H and O–H groups in total. The molecule has 0 spiro atoms. The third kappa shape index (κ3) is 3.55. The van der Waals surface area contributed by atoms with Gasteiger partial charge in [0.15, 0.2) is 17.3 Å². The van der Waals surface area contributed by atoms with Crippen molar-refractivity contribution in [2.45, 2.75) is 20.5 Å². The number of ether oxygens (including phenoxy) is 2. The molecule has 1 amide bonds. The number of carbonyl (C=O) groups is 1. The smallest absolute Gasteiger partial charge is 0.300 e. The summed E-state index contributed by atoms with van der Waals surface area (Å²) in [5, 5.41) is 0. The second kappa shape index (κ2) is 6.81. The van der Waals surface area contributed by atoms with E-state index in [1.54, 1.807) is 13.0 Å². The molecule has 0 unspecified atom stereocenters. The van der Waals surface area contributed by atoms with E-state index in [9.17, 15) is 4.79 Å². The number of nitrogens with two attached hydrogens (primary N) is 1. The average Bonchev–Trinajstić information content (AvgIpc) is 2.87. The first-order valence-electron chi connectivity index (χ1n) is 6.60. The first kappa shape index (κ1) is 14.9.